The number of rotatable bonds is 3. The molecule has 1 aliphatic carbocycles. The largest absolute Gasteiger partial charge is 0.472 e. The SMILES string of the molecule is C[C@H]1CCc2nc(NC(=O)[C@@H]3CCCN(C(=O)c4ccoc4)C3)sc2C1. The van der Waals surface area contributed by atoms with Gasteiger partial charge in [0.25, 0.3) is 5.91 Å². The van der Waals surface area contributed by atoms with Gasteiger partial charge in [0, 0.05) is 18.0 Å². The number of furan rings is 1. The summed E-state index contributed by atoms with van der Waals surface area (Å²) in [6.45, 7) is 3.38. The molecule has 0 radical (unpaired) electrons. The third-order valence-electron chi connectivity index (χ3n) is 5.26. The summed E-state index contributed by atoms with van der Waals surface area (Å²) in [5.74, 6) is 0.385. The Morgan fingerprint density at radius 1 is 1.38 bits per heavy atom. The first-order valence-corrected chi connectivity index (χ1v) is 10.0. The van der Waals surface area contributed by atoms with Gasteiger partial charge < -0.3 is 14.6 Å². The number of aromatic nitrogens is 1. The van der Waals surface area contributed by atoms with Crippen LogP contribution in [0.1, 0.15) is 47.1 Å². The van der Waals surface area contributed by atoms with Gasteiger partial charge in [-0.2, -0.15) is 0 Å². The van der Waals surface area contributed by atoms with Crippen LogP contribution in [0.3, 0.4) is 0 Å². The van der Waals surface area contributed by atoms with Gasteiger partial charge >= 0.3 is 0 Å². The zero-order chi connectivity index (χ0) is 18.1. The molecule has 2 aromatic rings. The summed E-state index contributed by atoms with van der Waals surface area (Å²) in [5.41, 5.74) is 1.68. The molecule has 2 aliphatic rings. The molecule has 0 spiro atoms. The fraction of sp³-hybridized carbons (Fsp3) is 0.526. The van der Waals surface area contributed by atoms with Crippen LogP contribution in [0, 0.1) is 11.8 Å². The van der Waals surface area contributed by atoms with E-state index in [1.54, 1.807) is 22.3 Å². The molecular formula is C19H23N3O3S. The first-order chi connectivity index (χ1) is 12.6. The predicted octanol–water partition coefficient (Wildman–Crippen LogP) is 3.35. The maximum Gasteiger partial charge on any atom is 0.257 e. The lowest BCUT2D eigenvalue weighted by molar-refractivity contribution is -0.121. The summed E-state index contributed by atoms with van der Waals surface area (Å²) >= 11 is 1.60. The zero-order valence-corrected chi connectivity index (χ0v) is 15.7. The van der Waals surface area contributed by atoms with Crippen molar-refractivity contribution in [3.63, 3.8) is 0 Å². The van der Waals surface area contributed by atoms with Gasteiger partial charge in [0.1, 0.15) is 6.26 Å². The number of likely N-dealkylation sites (tertiary alicyclic amines) is 1. The van der Waals surface area contributed by atoms with Crippen LogP contribution in [0.5, 0.6) is 0 Å². The summed E-state index contributed by atoms with van der Waals surface area (Å²) in [6, 6.07) is 1.66. The van der Waals surface area contributed by atoms with Gasteiger partial charge in [-0.05, 0) is 44.1 Å². The molecule has 0 bridgehead atoms. The molecule has 2 aromatic heterocycles. The number of piperidine rings is 1. The highest BCUT2D eigenvalue weighted by molar-refractivity contribution is 7.15. The lowest BCUT2D eigenvalue weighted by Crippen LogP contribution is -2.43. The Morgan fingerprint density at radius 2 is 2.27 bits per heavy atom. The third kappa shape index (κ3) is 3.53. The molecule has 3 heterocycles. The summed E-state index contributed by atoms with van der Waals surface area (Å²) in [6.07, 6.45) is 7.78. The van der Waals surface area contributed by atoms with E-state index in [4.69, 9.17) is 4.42 Å². The van der Waals surface area contributed by atoms with Crippen LogP contribution in [0.25, 0.3) is 0 Å². The van der Waals surface area contributed by atoms with E-state index in [0.717, 1.165) is 37.8 Å². The number of carbonyl (C=O) groups is 2. The Labute approximate surface area is 156 Å². The highest BCUT2D eigenvalue weighted by Gasteiger charge is 2.30. The molecule has 1 fully saturated rings. The monoisotopic (exact) mass is 373 g/mol. The number of hydrogen-bond donors (Lipinski definition) is 1. The molecule has 6 nitrogen and oxygen atoms in total. The number of hydrogen-bond acceptors (Lipinski definition) is 5. The van der Waals surface area contributed by atoms with Crippen molar-refractivity contribution >= 4 is 28.3 Å². The molecule has 138 valence electrons. The molecule has 0 saturated carbocycles. The molecule has 0 unspecified atom stereocenters. The molecule has 0 aromatic carbocycles. The van der Waals surface area contributed by atoms with Gasteiger partial charge in [0.2, 0.25) is 5.91 Å². The average molecular weight is 373 g/mol. The van der Waals surface area contributed by atoms with Crippen LogP contribution in [-0.2, 0) is 17.6 Å². The van der Waals surface area contributed by atoms with E-state index in [1.807, 2.05) is 0 Å². The number of amides is 2. The standard InChI is InChI=1S/C19H23N3O3S/c1-12-4-5-15-16(9-12)26-19(20-15)21-17(23)13-3-2-7-22(10-13)18(24)14-6-8-25-11-14/h6,8,11-13H,2-5,7,9-10H2,1H3,(H,20,21,23)/t12-,13+/m0/s1. The first-order valence-electron chi connectivity index (χ1n) is 9.21. The predicted molar refractivity (Wildman–Crippen MR) is 99.3 cm³/mol. The quantitative estimate of drug-likeness (QED) is 0.895. The molecular weight excluding hydrogens is 350 g/mol. The van der Waals surface area contributed by atoms with Gasteiger partial charge in [-0.3, -0.25) is 9.59 Å². The van der Waals surface area contributed by atoms with Crippen molar-refractivity contribution in [2.45, 2.75) is 39.0 Å². The summed E-state index contributed by atoms with van der Waals surface area (Å²) in [5, 5.41) is 3.69. The van der Waals surface area contributed by atoms with Crippen molar-refractivity contribution in [2.24, 2.45) is 11.8 Å². The van der Waals surface area contributed by atoms with Crippen molar-refractivity contribution in [3.05, 3.63) is 34.7 Å². The Morgan fingerprint density at radius 3 is 3.08 bits per heavy atom. The van der Waals surface area contributed by atoms with Crippen LogP contribution in [-0.4, -0.2) is 34.8 Å². The van der Waals surface area contributed by atoms with Gasteiger partial charge in [0.05, 0.1) is 23.4 Å². The van der Waals surface area contributed by atoms with Crippen LogP contribution in [0.15, 0.2) is 23.0 Å². The van der Waals surface area contributed by atoms with Gasteiger partial charge in [0.15, 0.2) is 5.13 Å². The van der Waals surface area contributed by atoms with E-state index in [9.17, 15) is 9.59 Å². The van der Waals surface area contributed by atoms with Crippen LogP contribution < -0.4 is 5.32 Å². The van der Waals surface area contributed by atoms with Crippen LogP contribution in [0.2, 0.25) is 0 Å². The Balaban J connectivity index is 1.39. The molecule has 1 N–H and O–H groups in total. The zero-order valence-electron chi connectivity index (χ0n) is 14.9. The Kier molecular flexibility index (Phi) is 4.80. The molecule has 1 saturated heterocycles. The molecule has 1 aliphatic heterocycles. The van der Waals surface area contributed by atoms with E-state index in [-0.39, 0.29) is 17.7 Å². The van der Waals surface area contributed by atoms with Crippen molar-refractivity contribution < 1.29 is 14.0 Å². The lowest BCUT2D eigenvalue weighted by Gasteiger charge is -2.31. The smallest absolute Gasteiger partial charge is 0.257 e. The number of carbonyl (C=O) groups excluding carboxylic acids is 2. The Hall–Kier alpha value is -2.15. The molecule has 2 atom stereocenters. The maximum atomic E-state index is 12.7. The minimum Gasteiger partial charge on any atom is -0.472 e. The van der Waals surface area contributed by atoms with E-state index in [2.05, 4.69) is 17.2 Å². The van der Waals surface area contributed by atoms with Crippen LogP contribution in [0.4, 0.5) is 5.13 Å². The highest BCUT2D eigenvalue weighted by Crippen LogP contribution is 2.32. The second-order valence-electron chi connectivity index (χ2n) is 7.33. The molecule has 2 amide bonds. The van der Waals surface area contributed by atoms with Crippen molar-refractivity contribution in [1.29, 1.82) is 0 Å². The van der Waals surface area contributed by atoms with Gasteiger partial charge in [-0.25, -0.2) is 4.98 Å². The number of nitrogens with zero attached hydrogens (tertiary/aromatic N) is 2. The number of nitrogens with one attached hydrogen (secondary N) is 1. The number of fused-ring (bicyclic) bond motifs is 1. The summed E-state index contributed by atoms with van der Waals surface area (Å²) in [7, 11) is 0. The van der Waals surface area contributed by atoms with Crippen molar-refractivity contribution in [1.82, 2.24) is 9.88 Å². The summed E-state index contributed by atoms with van der Waals surface area (Å²) < 4.78 is 4.99. The molecule has 26 heavy (non-hydrogen) atoms. The highest BCUT2D eigenvalue weighted by atomic mass is 32.1. The fourth-order valence-electron chi connectivity index (χ4n) is 3.75. The first kappa shape index (κ1) is 17.3. The van der Waals surface area contributed by atoms with E-state index >= 15 is 0 Å². The van der Waals surface area contributed by atoms with E-state index < -0.39 is 0 Å². The second-order valence-corrected chi connectivity index (χ2v) is 8.41. The summed E-state index contributed by atoms with van der Waals surface area (Å²) in [4.78, 5) is 32.8. The average Bonchev–Trinajstić information content (AvgIpc) is 3.30. The maximum absolute atomic E-state index is 12.7. The van der Waals surface area contributed by atoms with E-state index in [1.165, 1.54) is 17.4 Å². The minimum atomic E-state index is -0.195. The third-order valence-corrected chi connectivity index (χ3v) is 6.30. The topological polar surface area (TPSA) is 75.4 Å². The van der Waals surface area contributed by atoms with Crippen molar-refractivity contribution in [3.8, 4) is 0 Å². The minimum absolute atomic E-state index is 0.0335. The van der Waals surface area contributed by atoms with E-state index in [0.29, 0.717) is 29.7 Å². The van der Waals surface area contributed by atoms with Gasteiger partial charge in [-0.15, -0.1) is 11.3 Å². The number of anilines is 1. The second kappa shape index (κ2) is 7.23. The lowest BCUT2D eigenvalue weighted by atomic mass is 9.93. The normalized spacial score (nSPS) is 22.7. The van der Waals surface area contributed by atoms with Crippen LogP contribution >= 0.6 is 11.3 Å². The number of aryl methyl sites for hydroxylation is 1. The molecule has 7 heteroatoms. The molecule has 4 rings (SSSR count). The van der Waals surface area contributed by atoms with Crippen molar-refractivity contribution in [2.75, 3.05) is 18.4 Å². The Bertz CT molecular complexity index is 799. The fourth-order valence-corrected chi connectivity index (χ4v) is 4.92. The number of thiazole rings is 1. The van der Waals surface area contributed by atoms with Gasteiger partial charge in [-0.1, -0.05) is 6.92 Å².